The summed E-state index contributed by atoms with van der Waals surface area (Å²) < 4.78 is 0. The van der Waals surface area contributed by atoms with Crippen molar-refractivity contribution in [1.82, 2.24) is 0 Å². The van der Waals surface area contributed by atoms with Gasteiger partial charge in [0, 0.05) is 5.92 Å². The lowest BCUT2D eigenvalue weighted by Crippen LogP contribution is -2.18. The molecular weight excluding hydrogens is 216 g/mol. The summed E-state index contributed by atoms with van der Waals surface area (Å²) in [5, 5.41) is 0. The van der Waals surface area contributed by atoms with Crippen molar-refractivity contribution >= 4 is 0 Å². The average Bonchev–Trinajstić information content (AvgIpc) is 2.45. The zero-order chi connectivity index (χ0) is 12.8. The average molecular weight is 242 g/mol. The summed E-state index contributed by atoms with van der Waals surface area (Å²) in [6, 6.07) is 11.1. The second kappa shape index (κ2) is 6.78. The third-order valence-electron chi connectivity index (χ3n) is 4.36. The first-order valence-corrected chi connectivity index (χ1v) is 7.57. The minimum atomic E-state index is 0.687. The molecule has 1 aliphatic rings. The van der Waals surface area contributed by atoms with E-state index in [4.69, 9.17) is 0 Å². The summed E-state index contributed by atoms with van der Waals surface area (Å²) in [6.07, 6.45) is 10.6. The quantitative estimate of drug-likeness (QED) is 0.593. The maximum absolute atomic E-state index is 2.40. The van der Waals surface area contributed by atoms with Gasteiger partial charge in [-0.15, -0.1) is 0 Å². The van der Waals surface area contributed by atoms with Gasteiger partial charge >= 0.3 is 0 Å². The van der Waals surface area contributed by atoms with E-state index in [1.807, 2.05) is 0 Å². The molecule has 18 heavy (non-hydrogen) atoms. The Morgan fingerprint density at radius 1 is 1.17 bits per heavy atom. The van der Waals surface area contributed by atoms with Crippen LogP contribution in [-0.2, 0) is 0 Å². The molecule has 0 aliphatic heterocycles. The van der Waals surface area contributed by atoms with Gasteiger partial charge < -0.3 is 0 Å². The van der Waals surface area contributed by atoms with Crippen LogP contribution in [0.15, 0.2) is 42.0 Å². The molecule has 0 aromatic heterocycles. The van der Waals surface area contributed by atoms with E-state index >= 15 is 0 Å². The molecule has 0 radical (unpaired) electrons. The van der Waals surface area contributed by atoms with Crippen LogP contribution in [0.25, 0.3) is 0 Å². The van der Waals surface area contributed by atoms with Gasteiger partial charge in [0.25, 0.3) is 0 Å². The first-order chi connectivity index (χ1) is 8.86. The highest BCUT2D eigenvalue weighted by molar-refractivity contribution is 5.31. The van der Waals surface area contributed by atoms with Crippen molar-refractivity contribution in [3.8, 4) is 0 Å². The van der Waals surface area contributed by atoms with Gasteiger partial charge in [0.15, 0.2) is 0 Å². The first-order valence-electron chi connectivity index (χ1n) is 7.57. The van der Waals surface area contributed by atoms with Crippen LogP contribution in [0.1, 0.15) is 63.9 Å². The third kappa shape index (κ3) is 3.04. The lowest BCUT2D eigenvalue weighted by atomic mass is 9.72. The van der Waals surface area contributed by atoms with E-state index in [2.05, 4.69) is 50.3 Å². The molecule has 1 aromatic carbocycles. The van der Waals surface area contributed by atoms with Gasteiger partial charge in [-0.2, -0.15) is 0 Å². The number of benzene rings is 1. The topological polar surface area (TPSA) is 0 Å². The molecule has 0 unspecified atom stereocenters. The molecule has 0 bridgehead atoms. The molecule has 0 spiro atoms. The minimum Gasteiger partial charge on any atom is -0.0876 e. The molecule has 0 nitrogen and oxygen atoms in total. The monoisotopic (exact) mass is 242 g/mol. The van der Waals surface area contributed by atoms with Gasteiger partial charge in [-0.05, 0) is 37.7 Å². The fourth-order valence-corrected chi connectivity index (χ4v) is 3.43. The number of hydrogen-bond acceptors (Lipinski definition) is 0. The molecule has 0 N–H and O–H groups in total. The van der Waals surface area contributed by atoms with Crippen LogP contribution in [0.2, 0.25) is 0 Å². The van der Waals surface area contributed by atoms with Crippen molar-refractivity contribution in [2.75, 3.05) is 0 Å². The van der Waals surface area contributed by atoms with Crippen molar-refractivity contribution in [2.24, 2.45) is 5.92 Å². The maximum atomic E-state index is 2.40. The molecule has 0 amide bonds. The van der Waals surface area contributed by atoms with Crippen molar-refractivity contribution in [3.63, 3.8) is 0 Å². The smallest absolute Gasteiger partial charge is 0.00508 e. The Labute approximate surface area is 112 Å². The minimum absolute atomic E-state index is 0.687. The Kier molecular flexibility index (Phi) is 5.04. The molecule has 1 fully saturated rings. The van der Waals surface area contributed by atoms with E-state index in [0.29, 0.717) is 5.92 Å². The van der Waals surface area contributed by atoms with Crippen LogP contribution in [0.4, 0.5) is 0 Å². The molecule has 1 aliphatic carbocycles. The number of rotatable bonds is 4. The zero-order valence-corrected chi connectivity index (χ0v) is 11.9. The highest BCUT2D eigenvalue weighted by atomic mass is 14.3. The van der Waals surface area contributed by atoms with Crippen molar-refractivity contribution in [3.05, 3.63) is 47.5 Å². The summed E-state index contributed by atoms with van der Waals surface area (Å²) in [5.41, 5.74) is 3.23. The number of allylic oxidation sites excluding steroid dienone is 2. The Bertz CT molecular complexity index is 374. The largest absolute Gasteiger partial charge is 0.0876 e. The summed E-state index contributed by atoms with van der Waals surface area (Å²) >= 11 is 0. The Morgan fingerprint density at radius 3 is 2.61 bits per heavy atom. The molecule has 98 valence electrons. The Hall–Kier alpha value is -1.04. The van der Waals surface area contributed by atoms with Crippen molar-refractivity contribution in [2.45, 2.75) is 58.3 Å². The van der Waals surface area contributed by atoms with Gasteiger partial charge in [-0.1, -0.05) is 68.2 Å². The predicted molar refractivity (Wildman–Crippen MR) is 79.8 cm³/mol. The van der Waals surface area contributed by atoms with Crippen LogP contribution in [-0.4, -0.2) is 0 Å². The van der Waals surface area contributed by atoms with Crippen LogP contribution in [0.3, 0.4) is 0 Å². The van der Waals surface area contributed by atoms with Crippen LogP contribution in [0, 0.1) is 5.92 Å². The third-order valence-corrected chi connectivity index (χ3v) is 4.36. The second-order valence-corrected chi connectivity index (χ2v) is 5.52. The van der Waals surface area contributed by atoms with Crippen LogP contribution >= 0.6 is 0 Å². The molecule has 1 aromatic rings. The van der Waals surface area contributed by atoms with E-state index in [-0.39, 0.29) is 0 Å². The fraction of sp³-hybridized carbons (Fsp3) is 0.556. The Morgan fingerprint density at radius 2 is 1.94 bits per heavy atom. The predicted octanol–water partition coefficient (Wildman–Crippen LogP) is 5.71. The molecule has 0 saturated heterocycles. The molecule has 2 rings (SSSR count). The zero-order valence-electron chi connectivity index (χ0n) is 11.9. The van der Waals surface area contributed by atoms with Crippen LogP contribution < -0.4 is 0 Å². The molecule has 2 atom stereocenters. The fourth-order valence-electron chi connectivity index (χ4n) is 3.43. The van der Waals surface area contributed by atoms with Crippen molar-refractivity contribution in [1.29, 1.82) is 0 Å². The van der Waals surface area contributed by atoms with Gasteiger partial charge in [0.05, 0.1) is 0 Å². The standard InChI is InChI=1S/C18H26/c1-3-5-10-15-13-9-14-18(17(15)4-2)16-11-7-6-8-12-16/h4,6-8,11-12,15,18H,3,5,9-10,13-14H2,1-2H3/b17-4+/t15-,18+/m1/s1. The van der Waals surface area contributed by atoms with Gasteiger partial charge in [-0.3, -0.25) is 0 Å². The van der Waals surface area contributed by atoms with Gasteiger partial charge in [-0.25, -0.2) is 0 Å². The highest BCUT2D eigenvalue weighted by Crippen LogP contribution is 2.42. The number of unbranched alkanes of at least 4 members (excludes halogenated alkanes) is 1. The van der Waals surface area contributed by atoms with E-state index in [0.717, 1.165) is 5.92 Å². The van der Waals surface area contributed by atoms with Gasteiger partial charge in [0.1, 0.15) is 0 Å². The maximum Gasteiger partial charge on any atom is 0.00508 e. The molecule has 0 heteroatoms. The van der Waals surface area contributed by atoms with Crippen molar-refractivity contribution < 1.29 is 0 Å². The SMILES string of the molecule is C/C=C1\[C@H](CCCC)CCC[C@H]1c1ccccc1. The molecular formula is C18H26. The van der Waals surface area contributed by atoms with Gasteiger partial charge in [0.2, 0.25) is 0 Å². The number of hydrogen-bond donors (Lipinski definition) is 0. The van der Waals surface area contributed by atoms with E-state index in [1.54, 1.807) is 5.57 Å². The molecule has 1 saturated carbocycles. The normalized spacial score (nSPS) is 26.4. The second-order valence-electron chi connectivity index (χ2n) is 5.52. The molecule has 0 heterocycles. The highest BCUT2D eigenvalue weighted by Gasteiger charge is 2.27. The van der Waals surface area contributed by atoms with E-state index in [9.17, 15) is 0 Å². The summed E-state index contributed by atoms with van der Waals surface area (Å²) in [4.78, 5) is 0. The summed E-state index contributed by atoms with van der Waals surface area (Å²) in [7, 11) is 0. The summed E-state index contributed by atoms with van der Waals surface area (Å²) in [6.45, 7) is 4.53. The van der Waals surface area contributed by atoms with E-state index in [1.165, 1.54) is 44.1 Å². The lowest BCUT2D eigenvalue weighted by Gasteiger charge is -2.33. The first kappa shape index (κ1) is 13.4. The summed E-state index contributed by atoms with van der Waals surface area (Å²) in [5.74, 6) is 1.53. The van der Waals surface area contributed by atoms with Crippen LogP contribution in [0.5, 0.6) is 0 Å². The van der Waals surface area contributed by atoms with E-state index < -0.39 is 0 Å². The lowest BCUT2D eigenvalue weighted by molar-refractivity contribution is 0.390. The Balaban J connectivity index is 2.15.